The molecule has 0 aliphatic heterocycles. The molecule has 1 aromatic heterocycles. The summed E-state index contributed by atoms with van der Waals surface area (Å²) in [6.07, 6.45) is 11.0. The van der Waals surface area contributed by atoms with Crippen LogP contribution in [0, 0.1) is 53.3 Å². The fraction of sp³-hybridized carbons (Fsp3) is 0.774. The summed E-state index contributed by atoms with van der Waals surface area (Å²) in [5.74, 6) is 4.98. The molecule has 0 radical (unpaired) electrons. The van der Waals surface area contributed by atoms with Crippen molar-refractivity contribution in [1.29, 1.82) is 0 Å². The number of nitrogens with one attached hydrogen (secondary N) is 1. The Balaban J connectivity index is 1.18. The summed E-state index contributed by atoms with van der Waals surface area (Å²) in [5.41, 5.74) is 3.84. The number of aromatic nitrogens is 2. The Hall–Kier alpha value is -1.39. The second kappa shape index (κ2) is 8.58. The van der Waals surface area contributed by atoms with Gasteiger partial charge >= 0.3 is 0 Å². The fourth-order valence-electron chi connectivity index (χ4n) is 10.0. The predicted octanol–water partition coefficient (Wildman–Crippen LogP) is 6.43. The highest BCUT2D eigenvalue weighted by Crippen LogP contribution is 2.68. The predicted molar refractivity (Wildman–Crippen MR) is 141 cm³/mol. The van der Waals surface area contributed by atoms with Gasteiger partial charge in [-0.15, -0.1) is 0 Å². The van der Waals surface area contributed by atoms with Crippen molar-refractivity contribution in [3.8, 4) is 0 Å². The summed E-state index contributed by atoms with van der Waals surface area (Å²) in [7, 11) is 0. The first kappa shape index (κ1) is 24.0. The molecule has 4 fully saturated rings. The third kappa shape index (κ3) is 3.72. The van der Waals surface area contributed by atoms with Crippen molar-refractivity contribution in [1.82, 2.24) is 9.97 Å². The number of rotatable bonds is 4. The molecule has 4 heteroatoms. The number of aliphatic hydroxyl groups is 2. The summed E-state index contributed by atoms with van der Waals surface area (Å²) in [5, 5.41) is 22.1. The number of imidazole rings is 1. The van der Waals surface area contributed by atoms with Crippen LogP contribution < -0.4 is 0 Å². The second-order valence-electron chi connectivity index (χ2n) is 13.6. The van der Waals surface area contributed by atoms with Gasteiger partial charge in [0.2, 0.25) is 0 Å². The van der Waals surface area contributed by atoms with E-state index in [2.05, 4.69) is 50.9 Å². The molecule has 192 valence electrons. The highest BCUT2D eigenvalue weighted by Gasteiger charge is 2.63. The molecule has 4 saturated carbocycles. The zero-order valence-corrected chi connectivity index (χ0v) is 22.3. The first-order valence-electron chi connectivity index (χ1n) is 14.5. The minimum Gasteiger partial charge on any atom is -0.393 e. The molecule has 0 amide bonds. The topological polar surface area (TPSA) is 69.1 Å². The van der Waals surface area contributed by atoms with E-state index in [0.717, 1.165) is 61.3 Å². The largest absolute Gasteiger partial charge is 0.393 e. The molecule has 4 aliphatic rings. The molecule has 4 nitrogen and oxygen atoms in total. The van der Waals surface area contributed by atoms with E-state index in [9.17, 15) is 10.2 Å². The van der Waals surface area contributed by atoms with E-state index in [-0.39, 0.29) is 17.6 Å². The molecule has 1 aromatic carbocycles. The SMILES string of the molecule is Cc1ccc2nc(CCC(C)C3CCC4C5CC[C@H]6CC(O)CC[C@]6(C)C5C[C@@H](O)[C@]34C)[nH]c2c1. The Labute approximate surface area is 211 Å². The van der Waals surface area contributed by atoms with Crippen molar-refractivity contribution in [2.24, 2.45) is 46.3 Å². The van der Waals surface area contributed by atoms with E-state index >= 15 is 0 Å². The van der Waals surface area contributed by atoms with Gasteiger partial charge in [0.15, 0.2) is 0 Å². The van der Waals surface area contributed by atoms with Gasteiger partial charge in [0.05, 0.1) is 23.2 Å². The molecule has 6 rings (SSSR count). The van der Waals surface area contributed by atoms with Gasteiger partial charge in [-0.2, -0.15) is 0 Å². The minimum atomic E-state index is -0.194. The van der Waals surface area contributed by atoms with Gasteiger partial charge in [-0.05, 0) is 129 Å². The lowest BCUT2D eigenvalue weighted by Gasteiger charge is -2.62. The quantitative estimate of drug-likeness (QED) is 0.474. The Morgan fingerprint density at radius 3 is 2.71 bits per heavy atom. The molecule has 6 unspecified atom stereocenters. The average Bonchev–Trinajstić information content (AvgIpc) is 3.40. The van der Waals surface area contributed by atoms with Crippen molar-refractivity contribution in [2.75, 3.05) is 0 Å². The van der Waals surface area contributed by atoms with Gasteiger partial charge in [0, 0.05) is 6.42 Å². The van der Waals surface area contributed by atoms with Crippen LogP contribution in [-0.2, 0) is 6.42 Å². The minimum absolute atomic E-state index is 0.0446. The Bertz CT molecular complexity index is 1080. The summed E-state index contributed by atoms with van der Waals surface area (Å²) in [6, 6.07) is 6.44. The molecule has 0 saturated heterocycles. The maximum Gasteiger partial charge on any atom is 0.107 e. The van der Waals surface area contributed by atoms with Crippen molar-refractivity contribution in [2.45, 2.75) is 104 Å². The second-order valence-corrected chi connectivity index (χ2v) is 13.6. The van der Waals surface area contributed by atoms with Crippen molar-refractivity contribution < 1.29 is 10.2 Å². The molecule has 3 N–H and O–H groups in total. The number of nitrogens with zero attached hydrogens (tertiary/aromatic N) is 1. The Morgan fingerprint density at radius 1 is 1.06 bits per heavy atom. The zero-order chi connectivity index (χ0) is 24.5. The van der Waals surface area contributed by atoms with Crippen LogP contribution in [0.2, 0.25) is 0 Å². The third-order valence-electron chi connectivity index (χ3n) is 12.0. The summed E-state index contributed by atoms with van der Waals surface area (Å²) in [4.78, 5) is 8.40. The molecule has 1 heterocycles. The van der Waals surface area contributed by atoms with Crippen molar-refractivity contribution >= 4 is 11.0 Å². The van der Waals surface area contributed by atoms with E-state index in [4.69, 9.17) is 4.98 Å². The number of fused-ring (bicyclic) bond motifs is 6. The lowest BCUT2D eigenvalue weighted by molar-refractivity contribution is -0.174. The Morgan fingerprint density at radius 2 is 1.89 bits per heavy atom. The lowest BCUT2D eigenvalue weighted by Crippen LogP contribution is -2.58. The van der Waals surface area contributed by atoms with Crippen LogP contribution >= 0.6 is 0 Å². The Kier molecular flexibility index (Phi) is 5.88. The average molecular weight is 479 g/mol. The number of benzene rings is 1. The molecule has 0 bridgehead atoms. The van der Waals surface area contributed by atoms with Crippen molar-refractivity contribution in [3.63, 3.8) is 0 Å². The van der Waals surface area contributed by atoms with Crippen LogP contribution in [0.5, 0.6) is 0 Å². The molecule has 4 aliphatic carbocycles. The van der Waals surface area contributed by atoms with E-state index in [1.54, 1.807) is 0 Å². The van der Waals surface area contributed by atoms with Gasteiger partial charge in [-0.1, -0.05) is 26.8 Å². The van der Waals surface area contributed by atoms with Crippen LogP contribution in [0.3, 0.4) is 0 Å². The van der Waals surface area contributed by atoms with Crippen LogP contribution in [0.4, 0.5) is 0 Å². The van der Waals surface area contributed by atoms with E-state index in [0.29, 0.717) is 35.0 Å². The lowest BCUT2D eigenvalue weighted by atomic mass is 9.43. The van der Waals surface area contributed by atoms with E-state index < -0.39 is 0 Å². The first-order valence-corrected chi connectivity index (χ1v) is 14.5. The number of hydrogen-bond acceptors (Lipinski definition) is 3. The monoisotopic (exact) mass is 478 g/mol. The third-order valence-corrected chi connectivity index (χ3v) is 12.0. The molecule has 10 atom stereocenters. The molecular formula is C31H46N2O2. The number of aromatic amines is 1. The summed E-state index contributed by atoms with van der Waals surface area (Å²) >= 11 is 0. The number of aryl methyl sites for hydroxylation is 2. The summed E-state index contributed by atoms with van der Waals surface area (Å²) in [6.45, 7) is 9.53. The molecule has 35 heavy (non-hydrogen) atoms. The van der Waals surface area contributed by atoms with Gasteiger partial charge in [-0.25, -0.2) is 4.98 Å². The number of hydrogen-bond donors (Lipinski definition) is 3. The van der Waals surface area contributed by atoms with Crippen LogP contribution in [0.15, 0.2) is 18.2 Å². The highest BCUT2D eigenvalue weighted by molar-refractivity contribution is 5.75. The standard InChI is InChI=1S/C31H46N2O2/c1-18-5-11-26-27(15-18)33-29(32-26)12-6-19(2)23-9-10-24-22-8-7-20-16-21(34)13-14-30(20,3)25(22)17-28(35)31(23,24)4/h5,11,15,19-25,28,34-35H,6-10,12-14,16-17H2,1-4H3,(H,32,33)/t19?,20-,21?,22?,23?,24?,25?,28+,30-,31+/m0/s1. The molecule has 2 aromatic rings. The summed E-state index contributed by atoms with van der Waals surface area (Å²) < 4.78 is 0. The van der Waals surface area contributed by atoms with Crippen LogP contribution in [-0.4, -0.2) is 32.4 Å². The van der Waals surface area contributed by atoms with Gasteiger partial charge in [0.25, 0.3) is 0 Å². The first-order chi connectivity index (χ1) is 16.7. The van der Waals surface area contributed by atoms with Crippen molar-refractivity contribution in [3.05, 3.63) is 29.6 Å². The van der Waals surface area contributed by atoms with Crippen LogP contribution in [0.1, 0.15) is 89.9 Å². The normalized spacial score (nSPS) is 44.0. The van der Waals surface area contributed by atoms with E-state index in [1.807, 2.05) is 0 Å². The number of aliphatic hydroxyl groups excluding tert-OH is 2. The fourth-order valence-corrected chi connectivity index (χ4v) is 10.0. The van der Waals surface area contributed by atoms with Gasteiger partial charge < -0.3 is 15.2 Å². The van der Waals surface area contributed by atoms with Gasteiger partial charge in [0.1, 0.15) is 5.82 Å². The molecular weight excluding hydrogens is 432 g/mol. The maximum absolute atomic E-state index is 11.8. The molecule has 0 spiro atoms. The van der Waals surface area contributed by atoms with Gasteiger partial charge in [-0.3, -0.25) is 0 Å². The smallest absolute Gasteiger partial charge is 0.107 e. The maximum atomic E-state index is 11.8. The van der Waals surface area contributed by atoms with Crippen LogP contribution in [0.25, 0.3) is 11.0 Å². The number of H-pyrrole nitrogens is 1. The van der Waals surface area contributed by atoms with E-state index in [1.165, 1.54) is 31.2 Å². The zero-order valence-electron chi connectivity index (χ0n) is 22.3. The highest BCUT2D eigenvalue weighted by atomic mass is 16.3.